The maximum absolute atomic E-state index is 13.1. The van der Waals surface area contributed by atoms with Crippen LogP contribution in [-0.2, 0) is 6.54 Å². The van der Waals surface area contributed by atoms with Gasteiger partial charge >= 0.3 is 0 Å². The SMILES string of the molecule is Cc1ccc(Cl)cc1N1CCN(C(=O)c2cccn2Cc2ccccc2)CC1. The van der Waals surface area contributed by atoms with Crippen molar-refractivity contribution in [1.82, 2.24) is 9.47 Å². The third kappa shape index (κ3) is 3.92. The number of carbonyl (C=O) groups is 1. The van der Waals surface area contributed by atoms with Crippen LogP contribution in [0.15, 0.2) is 66.9 Å². The highest BCUT2D eigenvalue weighted by molar-refractivity contribution is 6.30. The molecule has 0 atom stereocenters. The molecule has 1 aromatic heterocycles. The molecule has 2 aromatic carbocycles. The second kappa shape index (κ2) is 8.11. The van der Waals surface area contributed by atoms with Crippen molar-refractivity contribution in [3.05, 3.63) is 88.7 Å². The van der Waals surface area contributed by atoms with Gasteiger partial charge in [-0.1, -0.05) is 48.0 Å². The first-order valence-electron chi connectivity index (χ1n) is 9.61. The van der Waals surface area contributed by atoms with E-state index >= 15 is 0 Å². The molecule has 0 unspecified atom stereocenters. The van der Waals surface area contributed by atoms with Crippen LogP contribution in [0.5, 0.6) is 0 Å². The number of anilines is 1. The van der Waals surface area contributed by atoms with Crippen LogP contribution in [0.25, 0.3) is 0 Å². The number of aromatic nitrogens is 1. The molecule has 1 amide bonds. The molecule has 4 rings (SSSR count). The maximum Gasteiger partial charge on any atom is 0.270 e. The Morgan fingerprint density at radius 1 is 0.964 bits per heavy atom. The molecule has 0 saturated carbocycles. The molecule has 1 aliphatic rings. The van der Waals surface area contributed by atoms with Gasteiger partial charge in [-0.05, 0) is 42.3 Å². The number of halogens is 1. The molecule has 0 spiro atoms. The quantitative estimate of drug-likeness (QED) is 0.654. The summed E-state index contributed by atoms with van der Waals surface area (Å²) in [5.74, 6) is 0.100. The minimum Gasteiger partial charge on any atom is -0.368 e. The Balaban J connectivity index is 1.44. The lowest BCUT2D eigenvalue weighted by Gasteiger charge is -2.37. The van der Waals surface area contributed by atoms with E-state index in [1.165, 1.54) is 11.1 Å². The van der Waals surface area contributed by atoms with Crippen molar-refractivity contribution in [2.45, 2.75) is 13.5 Å². The third-order valence-corrected chi connectivity index (χ3v) is 5.56. The first-order valence-corrected chi connectivity index (χ1v) is 9.99. The number of hydrogen-bond donors (Lipinski definition) is 0. The molecule has 5 heteroatoms. The van der Waals surface area contributed by atoms with E-state index in [0.717, 1.165) is 29.5 Å². The fraction of sp³-hybridized carbons (Fsp3) is 0.261. The molecular formula is C23H24ClN3O. The van der Waals surface area contributed by atoms with Crippen LogP contribution in [0, 0.1) is 6.92 Å². The van der Waals surface area contributed by atoms with Crippen molar-refractivity contribution < 1.29 is 4.79 Å². The lowest BCUT2D eigenvalue weighted by Crippen LogP contribution is -2.49. The van der Waals surface area contributed by atoms with E-state index < -0.39 is 0 Å². The van der Waals surface area contributed by atoms with Crippen LogP contribution in [0.1, 0.15) is 21.6 Å². The molecule has 4 nitrogen and oxygen atoms in total. The molecule has 0 bridgehead atoms. The van der Waals surface area contributed by atoms with Crippen molar-refractivity contribution >= 4 is 23.2 Å². The monoisotopic (exact) mass is 393 g/mol. The molecule has 3 aromatic rings. The van der Waals surface area contributed by atoms with E-state index in [9.17, 15) is 4.79 Å². The lowest BCUT2D eigenvalue weighted by atomic mass is 10.1. The van der Waals surface area contributed by atoms with E-state index in [0.29, 0.717) is 19.6 Å². The van der Waals surface area contributed by atoms with Gasteiger partial charge in [0.2, 0.25) is 0 Å². The summed E-state index contributed by atoms with van der Waals surface area (Å²) in [5.41, 5.74) is 4.30. The average Bonchev–Trinajstić information content (AvgIpc) is 3.18. The summed E-state index contributed by atoms with van der Waals surface area (Å²) >= 11 is 6.17. The summed E-state index contributed by atoms with van der Waals surface area (Å²) < 4.78 is 2.03. The molecule has 1 fully saturated rings. The van der Waals surface area contributed by atoms with Gasteiger partial charge in [0.1, 0.15) is 5.69 Å². The van der Waals surface area contributed by atoms with Gasteiger partial charge < -0.3 is 14.4 Å². The van der Waals surface area contributed by atoms with Gasteiger partial charge in [0.25, 0.3) is 5.91 Å². The number of nitrogens with zero attached hydrogens (tertiary/aromatic N) is 3. The minimum atomic E-state index is 0.100. The minimum absolute atomic E-state index is 0.100. The third-order valence-electron chi connectivity index (χ3n) is 5.32. The van der Waals surface area contributed by atoms with Crippen LogP contribution in [0.4, 0.5) is 5.69 Å². The van der Waals surface area contributed by atoms with Crippen molar-refractivity contribution in [1.29, 1.82) is 0 Å². The predicted octanol–water partition coefficient (Wildman–Crippen LogP) is 4.46. The summed E-state index contributed by atoms with van der Waals surface area (Å²) in [4.78, 5) is 17.4. The Kier molecular flexibility index (Phi) is 5.40. The predicted molar refractivity (Wildman–Crippen MR) is 114 cm³/mol. The first-order chi connectivity index (χ1) is 13.6. The van der Waals surface area contributed by atoms with Crippen molar-refractivity contribution in [3.63, 3.8) is 0 Å². The van der Waals surface area contributed by atoms with Crippen molar-refractivity contribution in [2.75, 3.05) is 31.1 Å². The van der Waals surface area contributed by atoms with E-state index in [1.54, 1.807) is 0 Å². The summed E-state index contributed by atoms with van der Waals surface area (Å²) in [6, 6.07) is 20.1. The van der Waals surface area contributed by atoms with Gasteiger partial charge in [0.05, 0.1) is 0 Å². The number of amides is 1. The molecule has 1 saturated heterocycles. The zero-order chi connectivity index (χ0) is 19.5. The Morgan fingerprint density at radius 3 is 2.46 bits per heavy atom. The van der Waals surface area contributed by atoms with Crippen LogP contribution in [0.2, 0.25) is 5.02 Å². The van der Waals surface area contributed by atoms with E-state index in [2.05, 4.69) is 24.0 Å². The highest BCUT2D eigenvalue weighted by Crippen LogP contribution is 2.25. The summed E-state index contributed by atoms with van der Waals surface area (Å²) in [5, 5.41) is 0.748. The van der Waals surface area contributed by atoms with Crippen LogP contribution in [0.3, 0.4) is 0 Å². The summed E-state index contributed by atoms with van der Waals surface area (Å²) in [7, 11) is 0. The molecule has 144 valence electrons. The van der Waals surface area contributed by atoms with Gasteiger partial charge in [-0.25, -0.2) is 0 Å². The zero-order valence-corrected chi connectivity index (χ0v) is 16.8. The van der Waals surface area contributed by atoms with Crippen LogP contribution < -0.4 is 4.90 Å². The summed E-state index contributed by atoms with van der Waals surface area (Å²) in [6.07, 6.45) is 1.98. The molecule has 2 heterocycles. The normalized spacial score (nSPS) is 14.4. The Morgan fingerprint density at radius 2 is 1.71 bits per heavy atom. The molecule has 0 N–H and O–H groups in total. The number of aryl methyl sites for hydroxylation is 1. The van der Waals surface area contributed by atoms with E-state index in [4.69, 9.17) is 11.6 Å². The van der Waals surface area contributed by atoms with Gasteiger partial charge in [0.15, 0.2) is 0 Å². The Bertz CT molecular complexity index is 959. The van der Waals surface area contributed by atoms with Crippen molar-refractivity contribution in [3.8, 4) is 0 Å². The maximum atomic E-state index is 13.1. The van der Waals surface area contributed by atoms with Crippen molar-refractivity contribution in [2.24, 2.45) is 0 Å². The fourth-order valence-electron chi connectivity index (χ4n) is 3.76. The molecule has 1 aliphatic heterocycles. The van der Waals surface area contributed by atoms with Gasteiger partial charge in [0, 0.05) is 49.6 Å². The van der Waals surface area contributed by atoms with Gasteiger partial charge in [-0.15, -0.1) is 0 Å². The second-order valence-corrected chi connectivity index (χ2v) is 7.65. The number of hydrogen-bond acceptors (Lipinski definition) is 2. The number of benzene rings is 2. The van der Waals surface area contributed by atoms with E-state index in [-0.39, 0.29) is 5.91 Å². The topological polar surface area (TPSA) is 28.5 Å². The molecule has 0 radical (unpaired) electrons. The lowest BCUT2D eigenvalue weighted by molar-refractivity contribution is 0.0736. The number of rotatable bonds is 4. The summed E-state index contributed by atoms with van der Waals surface area (Å²) in [6.45, 7) is 5.84. The Labute approximate surface area is 170 Å². The molecule has 0 aliphatic carbocycles. The second-order valence-electron chi connectivity index (χ2n) is 7.22. The molecular weight excluding hydrogens is 370 g/mol. The highest BCUT2D eigenvalue weighted by Gasteiger charge is 2.24. The highest BCUT2D eigenvalue weighted by atomic mass is 35.5. The van der Waals surface area contributed by atoms with Gasteiger partial charge in [-0.3, -0.25) is 4.79 Å². The smallest absolute Gasteiger partial charge is 0.270 e. The fourth-order valence-corrected chi connectivity index (χ4v) is 3.93. The average molecular weight is 394 g/mol. The van der Waals surface area contributed by atoms with Gasteiger partial charge in [-0.2, -0.15) is 0 Å². The number of carbonyl (C=O) groups excluding carboxylic acids is 1. The Hall–Kier alpha value is -2.72. The largest absolute Gasteiger partial charge is 0.368 e. The zero-order valence-electron chi connectivity index (χ0n) is 16.0. The molecule has 28 heavy (non-hydrogen) atoms. The standard InChI is InChI=1S/C23H24ClN3O/c1-18-9-10-20(24)16-22(18)25-12-14-26(15-13-25)23(28)21-8-5-11-27(21)17-19-6-3-2-4-7-19/h2-11,16H,12-15,17H2,1H3. The van der Waals surface area contributed by atoms with Crippen LogP contribution >= 0.6 is 11.6 Å². The first kappa shape index (κ1) is 18.6. The number of piperazine rings is 1. The van der Waals surface area contributed by atoms with Crippen LogP contribution in [-0.4, -0.2) is 41.6 Å². The van der Waals surface area contributed by atoms with E-state index in [1.807, 2.05) is 64.2 Å².